The summed E-state index contributed by atoms with van der Waals surface area (Å²) in [7, 11) is 0. The predicted octanol–water partition coefficient (Wildman–Crippen LogP) is 2.39. The minimum atomic E-state index is -0.0699. The Morgan fingerprint density at radius 2 is 2.04 bits per heavy atom. The summed E-state index contributed by atoms with van der Waals surface area (Å²) in [5, 5.41) is 6.95. The normalized spacial score (nSPS) is 14.8. The van der Waals surface area contributed by atoms with Gasteiger partial charge in [-0.25, -0.2) is 0 Å². The lowest BCUT2D eigenvalue weighted by atomic mass is 9.99. The van der Waals surface area contributed by atoms with Gasteiger partial charge in [0.2, 0.25) is 5.91 Å². The number of H-pyrrole nitrogens is 1. The number of benzene rings is 2. The van der Waals surface area contributed by atoms with Crippen LogP contribution in [-0.4, -0.2) is 54.4 Å². The molecule has 0 aliphatic carbocycles. The number of nitrogens with zero attached hydrogens (tertiary/aromatic N) is 1. The highest BCUT2D eigenvalue weighted by atomic mass is 16.2. The molecule has 0 atom stereocenters. The third-order valence-electron chi connectivity index (χ3n) is 5.08. The monoisotopic (exact) mass is 376 g/mol. The number of aromatic amines is 1. The minimum Gasteiger partial charge on any atom is -0.361 e. The van der Waals surface area contributed by atoms with Gasteiger partial charge in [-0.1, -0.05) is 24.3 Å². The average Bonchev–Trinajstić information content (AvgIpc) is 3.20. The molecule has 0 saturated carbocycles. The lowest BCUT2D eigenvalue weighted by Gasteiger charge is -2.26. The van der Waals surface area contributed by atoms with E-state index in [-0.39, 0.29) is 11.8 Å². The molecule has 1 fully saturated rings. The summed E-state index contributed by atoms with van der Waals surface area (Å²) in [6, 6.07) is 15.9. The number of fused-ring (bicyclic) bond motifs is 1. The first-order valence-corrected chi connectivity index (χ1v) is 9.64. The van der Waals surface area contributed by atoms with Crippen molar-refractivity contribution in [2.24, 2.45) is 0 Å². The van der Waals surface area contributed by atoms with Crippen LogP contribution in [0.25, 0.3) is 22.0 Å². The first-order valence-electron chi connectivity index (χ1n) is 9.64. The van der Waals surface area contributed by atoms with E-state index < -0.39 is 0 Å². The number of aromatic nitrogens is 1. The molecule has 28 heavy (non-hydrogen) atoms. The van der Waals surface area contributed by atoms with E-state index in [1.807, 2.05) is 42.6 Å². The Hall–Kier alpha value is -3.12. The molecule has 1 saturated heterocycles. The fraction of sp³-hybridized carbons (Fsp3) is 0.273. The molecule has 0 spiro atoms. The second-order valence-corrected chi connectivity index (χ2v) is 7.06. The third kappa shape index (κ3) is 4.07. The zero-order valence-corrected chi connectivity index (χ0v) is 15.7. The van der Waals surface area contributed by atoms with Gasteiger partial charge in [-0.15, -0.1) is 0 Å². The van der Waals surface area contributed by atoms with Crippen LogP contribution in [0, 0.1) is 0 Å². The summed E-state index contributed by atoms with van der Waals surface area (Å²) in [4.78, 5) is 29.3. The van der Waals surface area contributed by atoms with Gasteiger partial charge in [-0.05, 0) is 41.8 Å². The van der Waals surface area contributed by atoms with Crippen LogP contribution in [0.3, 0.4) is 0 Å². The molecular weight excluding hydrogens is 352 g/mol. The molecule has 2 amide bonds. The Labute approximate surface area is 163 Å². The van der Waals surface area contributed by atoms with Crippen molar-refractivity contribution in [3.63, 3.8) is 0 Å². The van der Waals surface area contributed by atoms with Gasteiger partial charge < -0.3 is 15.6 Å². The molecule has 3 N–H and O–H groups in total. The highest BCUT2D eigenvalue weighted by Crippen LogP contribution is 2.28. The van der Waals surface area contributed by atoms with Crippen molar-refractivity contribution in [2.75, 3.05) is 32.7 Å². The predicted molar refractivity (Wildman–Crippen MR) is 110 cm³/mol. The fourth-order valence-corrected chi connectivity index (χ4v) is 3.65. The van der Waals surface area contributed by atoms with Gasteiger partial charge in [0.15, 0.2) is 0 Å². The molecule has 2 heterocycles. The van der Waals surface area contributed by atoms with Crippen LogP contribution in [0.1, 0.15) is 16.8 Å². The summed E-state index contributed by atoms with van der Waals surface area (Å²) in [5.41, 5.74) is 3.87. The Kier molecular flexibility index (Phi) is 5.39. The molecular formula is C22H24N4O2. The van der Waals surface area contributed by atoms with Gasteiger partial charge in [0.25, 0.3) is 5.91 Å². The molecule has 1 aliphatic rings. The van der Waals surface area contributed by atoms with E-state index in [1.165, 1.54) is 0 Å². The van der Waals surface area contributed by atoms with Gasteiger partial charge in [0.1, 0.15) is 0 Å². The number of carbonyl (C=O) groups excluding carboxylic acids is 2. The smallest absolute Gasteiger partial charge is 0.251 e. The second-order valence-electron chi connectivity index (χ2n) is 7.06. The largest absolute Gasteiger partial charge is 0.361 e. The van der Waals surface area contributed by atoms with Crippen LogP contribution in [-0.2, 0) is 4.79 Å². The molecule has 6 heteroatoms. The quantitative estimate of drug-likeness (QED) is 0.578. The molecule has 2 aromatic carbocycles. The van der Waals surface area contributed by atoms with Crippen molar-refractivity contribution in [3.8, 4) is 11.1 Å². The van der Waals surface area contributed by atoms with Crippen LogP contribution in [0.5, 0.6) is 0 Å². The zero-order valence-electron chi connectivity index (χ0n) is 15.7. The SMILES string of the molecule is O=C1CN(CCCNC(=O)c2cccc(-c3cccc4[nH]ccc34)c2)CCN1. The van der Waals surface area contributed by atoms with Gasteiger partial charge in [-0.3, -0.25) is 14.5 Å². The van der Waals surface area contributed by atoms with Crippen molar-refractivity contribution in [2.45, 2.75) is 6.42 Å². The summed E-state index contributed by atoms with van der Waals surface area (Å²) in [6.07, 6.45) is 2.75. The summed E-state index contributed by atoms with van der Waals surface area (Å²) < 4.78 is 0. The molecule has 1 aliphatic heterocycles. The van der Waals surface area contributed by atoms with Gasteiger partial charge >= 0.3 is 0 Å². The number of hydrogen-bond acceptors (Lipinski definition) is 3. The standard InChI is InChI=1S/C22H24N4O2/c27-21-15-26(13-11-24-21)12-3-9-25-22(28)17-5-1-4-16(14-17)18-6-2-7-20-19(18)8-10-23-20/h1-2,4-8,10,14,23H,3,9,11-13,15H2,(H,24,27)(H,25,28). The van der Waals surface area contributed by atoms with E-state index in [4.69, 9.17) is 0 Å². The zero-order chi connectivity index (χ0) is 19.3. The molecule has 1 aromatic heterocycles. The number of hydrogen-bond donors (Lipinski definition) is 3. The molecule has 3 aromatic rings. The summed E-state index contributed by atoms with van der Waals surface area (Å²) in [6.45, 7) is 3.41. The van der Waals surface area contributed by atoms with Crippen LogP contribution in [0.2, 0.25) is 0 Å². The van der Waals surface area contributed by atoms with E-state index in [9.17, 15) is 9.59 Å². The van der Waals surface area contributed by atoms with Crippen LogP contribution < -0.4 is 10.6 Å². The van der Waals surface area contributed by atoms with Gasteiger partial charge in [0.05, 0.1) is 6.54 Å². The molecule has 0 radical (unpaired) electrons. The molecule has 4 rings (SSSR count). The summed E-state index contributed by atoms with van der Waals surface area (Å²) in [5.74, 6) is 0.00373. The Bertz CT molecular complexity index is 995. The maximum atomic E-state index is 12.5. The second kappa shape index (κ2) is 8.27. The highest BCUT2D eigenvalue weighted by molar-refractivity contribution is 5.99. The molecule has 0 bridgehead atoms. The molecule has 6 nitrogen and oxygen atoms in total. The van der Waals surface area contributed by atoms with E-state index >= 15 is 0 Å². The first kappa shape index (κ1) is 18.3. The minimum absolute atomic E-state index is 0.0699. The Morgan fingerprint density at radius 1 is 1.14 bits per heavy atom. The van der Waals surface area contributed by atoms with Crippen molar-refractivity contribution in [1.29, 1.82) is 0 Å². The Morgan fingerprint density at radius 3 is 2.93 bits per heavy atom. The maximum Gasteiger partial charge on any atom is 0.251 e. The van der Waals surface area contributed by atoms with E-state index in [0.717, 1.165) is 41.5 Å². The van der Waals surface area contributed by atoms with Gasteiger partial charge in [-0.2, -0.15) is 0 Å². The molecule has 144 valence electrons. The number of rotatable bonds is 6. The number of amides is 2. The lowest BCUT2D eigenvalue weighted by molar-refractivity contribution is -0.124. The van der Waals surface area contributed by atoms with Crippen LogP contribution in [0.4, 0.5) is 0 Å². The Balaban J connectivity index is 1.37. The third-order valence-corrected chi connectivity index (χ3v) is 5.08. The topological polar surface area (TPSA) is 77.2 Å². The van der Waals surface area contributed by atoms with Crippen LogP contribution in [0.15, 0.2) is 54.7 Å². The van der Waals surface area contributed by atoms with Crippen molar-refractivity contribution < 1.29 is 9.59 Å². The van der Waals surface area contributed by atoms with E-state index in [1.54, 1.807) is 0 Å². The average molecular weight is 376 g/mol. The maximum absolute atomic E-state index is 12.5. The summed E-state index contributed by atoms with van der Waals surface area (Å²) >= 11 is 0. The fourth-order valence-electron chi connectivity index (χ4n) is 3.65. The van der Waals surface area contributed by atoms with Crippen molar-refractivity contribution >= 4 is 22.7 Å². The number of nitrogens with one attached hydrogen (secondary N) is 3. The van der Waals surface area contributed by atoms with Crippen molar-refractivity contribution in [3.05, 3.63) is 60.3 Å². The number of carbonyl (C=O) groups is 2. The van der Waals surface area contributed by atoms with Crippen LogP contribution >= 0.6 is 0 Å². The van der Waals surface area contributed by atoms with Gasteiger partial charge in [0, 0.05) is 48.8 Å². The molecule has 0 unspecified atom stereocenters. The van der Waals surface area contributed by atoms with Crippen molar-refractivity contribution in [1.82, 2.24) is 20.5 Å². The highest BCUT2D eigenvalue weighted by Gasteiger charge is 2.15. The first-order chi connectivity index (χ1) is 13.7. The number of piperazine rings is 1. The van der Waals surface area contributed by atoms with E-state index in [2.05, 4.69) is 32.7 Å². The lowest BCUT2D eigenvalue weighted by Crippen LogP contribution is -2.48. The van der Waals surface area contributed by atoms with E-state index in [0.29, 0.717) is 25.2 Å².